The molecule has 1 fully saturated rings. The van der Waals surface area contributed by atoms with Gasteiger partial charge in [0.05, 0.1) is 18.2 Å². The summed E-state index contributed by atoms with van der Waals surface area (Å²) >= 11 is 0. The third-order valence-electron chi connectivity index (χ3n) is 3.25. The lowest BCUT2D eigenvalue weighted by atomic mass is 10.1. The van der Waals surface area contributed by atoms with Crippen molar-refractivity contribution in [3.05, 3.63) is 35.9 Å². The number of benzene rings is 1. The standard InChI is InChI=1S/C14H20N2O3/c17-11(6-10-4-2-1-3-5-10)9-16-14(19)13-7-12(18)8-15-13/h1-5,11-13,15,17-18H,6-9H2,(H,16,19)/t11-,12+,13-/m1/s1. The maximum absolute atomic E-state index is 11.8. The van der Waals surface area contributed by atoms with Gasteiger partial charge in [0, 0.05) is 19.5 Å². The summed E-state index contributed by atoms with van der Waals surface area (Å²) < 4.78 is 0. The molecule has 0 radical (unpaired) electrons. The van der Waals surface area contributed by atoms with Gasteiger partial charge in [-0.1, -0.05) is 30.3 Å². The number of β-amino-alcohol motifs (C(OH)–C–C–N with tert-alkyl or cyclic N) is 1. The van der Waals surface area contributed by atoms with Crippen LogP contribution >= 0.6 is 0 Å². The summed E-state index contributed by atoms with van der Waals surface area (Å²) in [5.74, 6) is -0.163. The molecular formula is C14H20N2O3. The minimum atomic E-state index is -0.599. The first-order valence-corrected chi connectivity index (χ1v) is 6.56. The van der Waals surface area contributed by atoms with Crippen LogP contribution in [0.2, 0.25) is 0 Å². The second-order valence-electron chi connectivity index (χ2n) is 4.94. The Labute approximate surface area is 112 Å². The number of hydrogen-bond acceptors (Lipinski definition) is 4. The summed E-state index contributed by atoms with van der Waals surface area (Å²) in [5, 5.41) is 24.8. The smallest absolute Gasteiger partial charge is 0.237 e. The fraction of sp³-hybridized carbons (Fsp3) is 0.500. The Morgan fingerprint density at radius 3 is 2.79 bits per heavy atom. The quantitative estimate of drug-likeness (QED) is 0.574. The lowest BCUT2D eigenvalue weighted by molar-refractivity contribution is -0.123. The Morgan fingerprint density at radius 1 is 1.42 bits per heavy atom. The fourth-order valence-electron chi connectivity index (χ4n) is 2.22. The van der Waals surface area contributed by atoms with Crippen LogP contribution in [-0.2, 0) is 11.2 Å². The molecule has 3 atom stereocenters. The van der Waals surface area contributed by atoms with Gasteiger partial charge in [0.25, 0.3) is 0 Å². The van der Waals surface area contributed by atoms with Crippen LogP contribution in [-0.4, -0.2) is 47.5 Å². The van der Waals surface area contributed by atoms with Crippen molar-refractivity contribution in [2.75, 3.05) is 13.1 Å². The van der Waals surface area contributed by atoms with E-state index in [0.717, 1.165) is 5.56 Å². The number of rotatable bonds is 5. The van der Waals surface area contributed by atoms with Gasteiger partial charge in [-0.05, 0) is 12.0 Å². The first kappa shape index (κ1) is 14.0. The van der Waals surface area contributed by atoms with E-state index in [2.05, 4.69) is 10.6 Å². The number of nitrogens with one attached hydrogen (secondary N) is 2. The van der Waals surface area contributed by atoms with E-state index in [1.165, 1.54) is 0 Å². The predicted molar refractivity (Wildman–Crippen MR) is 71.6 cm³/mol. The lowest BCUT2D eigenvalue weighted by Crippen LogP contribution is -2.43. The van der Waals surface area contributed by atoms with Crippen LogP contribution in [0.1, 0.15) is 12.0 Å². The summed E-state index contributed by atoms with van der Waals surface area (Å²) in [6, 6.07) is 9.31. The molecule has 5 heteroatoms. The molecule has 0 unspecified atom stereocenters. The normalized spacial score (nSPS) is 24.1. The zero-order valence-electron chi connectivity index (χ0n) is 10.7. The molecule has 0 aliphatic carbocycles. The van der Waals surface area contributed by atoms with E-state index < -0.39 is 12.2 Å². The molecule has 0 aromatic heterocycles. The molecule has 1 aliphatic heterocycles. The van der Waals surface area contributed by atoms with Crippen molar-refractivity contribution in [3.8, 4) is 0 Å². The zero-order chi connectivity index (χ0) is 13.7. The van der Waals surface area contributed by atoms with Crippen molar-refractivity contribution in [3.63, 3.8) is 0 Å². The van der Waals surface area contributed by atoms with E-state index in [1.54, 1.807) is 0 Å². The molecule has 2 rings (SSSR count). The van der Waals surface area contributed by atoms with E-state index in [9.17, 15) is 15.0 Å². The topological polar surface area (TPSA) is 81.6 Å². The molecule has 1 aromatic carbocycles. The molecule has 0 spiro atoms. The third kappa shape index (κ3) is 4.31. The van der Waals surface area contributed by atoms with Crippen molar-refractivity contribution in [1.82, 2.24) is 10.6 Å². The average Bonchev–Trinajstić information content (AvgIpc) is 2.84. The van der Waals surface area contributed by atoms with Crippen LogP contribution in [0.4, 0.5) is 0 Å². The van der Waals surface area contributed by atoms with Crippen LogP contribution < -0.4 is 10.6 Å². The van der Waals surface area contributed by atoms with E-state index >= 15 is 0 Å². The number of carbonyl (C=O) groups is 1. The number of aliphatic hydroxyl groups excluding tert-OH is 2. The van der Waals surface area contributed by atoms with E-state index in [-0.39, 0.29) is 18.5 Å². The summed E-state index contributed by atoms with van der Waals surface area (Å²) in [5.41, 5.74) is 1.04. The molecule has 1 aliphatic rings. The van der Waals surface area contributed by atoms with Gasteiger partial charge in [-0.2, -0.15) is 0 Å². The van der Waals surface area contributed by atoms with Gasteiger partial charge in [0.1, 0.15) is 0 Å². The summed E-state index contributed by atoms with van der Waals surface area (Å²) in [6.45, 7) is 0.673. The van der Waals surface area contributed by atoms with Crippen molar-refractivity contribution in [1.29, 1.82) is 0 Å². The molecule has 1 amide bonds. The molecule has 0 saturated carbocycles. The Balaban J connectivity index is 1.71. The minimum Gasteiger partial charge on any atom is -0.392 e. The van der Waals surface area contributed by atoms with Crippen LogP contribution in [0.3, 0.4) is 0 Å². The van der Waals surface area contributed by atoms with Crippen molar-refractivity contribution in [2.45, 2.75) is 31.1 Å². The molecule has 1 saturated heterocycles. The summed E-state index contributed by atoms with van der Waals surface area (Å²) in [7, 11) is 0. The molecule has 4 N–H and O–H groups in total. The monoisotopic (exact) mass is 264 g/mol. The lowest BCUT2D eigenvalue weighted by Gasteiger charge is -2.14. The second-order valence-corrected chi connectivity index (χ2v) is 4.94. The van der Waals surface area contributed by atoms with Crippen LogP contribution in [0.5, 0.6) is 0 Å². The molecule has 104 valence electrons. The van der Waals surface area contributed by atoms with Crippen molar-refractivity contribution in [2.24, 2.45) is 0 Å². The molecule has 1 aromatic rings. The second kappa shape index (κ2) is 6.65. The summed E-state index contributed by atoms with van der Waals surface area (Å²) in [4.78, 5) is 11.8. The number of carbonyl (C=O) groups excluding carboxylic acids is 1. The van der Waals surface area contributed by atoms with Crippen molar-refractivity contribution < 1.29 is 15.0 Å². The Hall–Kier alpha value is -1.43. The highest BCUT2D eigenvalue weighted by atomic mass is 16.3. The SMILES string of the molecule is O=C(NC[C@H](O)Cc1ccccc1)[C@H]1C[C@H](O)CN1. The minimum absolute atomic E-state index is 0.163. The van der Waals surface area contributed by atoms with E-state index in [1.807, 2.05) is 30.3 Å². The molecular weight excluding hydrogens is 244 g/mol. The highest BCUT2D eigenvalue weighted by Gasteiger charge is 2.27. The van der Waals surface area contributed by atoms with Gasteiger partial charge in [-0.15, -0.1) is 0 Å². The zero-order valence-corrected chi connectivity index (χ0v) is 10.7. The van der Waals surface area contributed by atoms with Gasteiger partial charge in [-0.25, -0.2) is 0 Å². The van der Waals surface area contributed by atoms with E-state index in [0.29, 0.717) is 19.4 Å². The first-order chi connectivity index (χ1) is 9.15. The van der Waals surface area contributed by atoms with Crippen LogP contribution in [0, 0.1) is 0 Å². The molecule has 0 bridgehead atoms. The largest absolute Gasteiger partial charge is 0.392 e. The van der Waals surface area contributed by atoms with Crippen LogP contribution in [0.15, 0.2) is 30.3 Å². The van der Waals surface area contributed by atoms with Crippen LogP contribution in [0.25, 0.3) is 0 Å². The van der Waals surface area contributed by atoms with Gasteiger partial charge in [-0.3, -0.25) is 4.79 Å². The highest BCUT2D eigenvalue weighted by molar-refractivity contribution is 5.82. The first-order valence-electron chi connectivity index (χ1n) is 6.56. The number of amides is 1. The Kier molecular flexibility index (Phi) is 4.90. The predicted octanol–water partition coefficient (Wildman–Crippen LogP) is -0.571. The highest BCUT2D eigenvalue weighted by Crippen LogP contribution is 2.06. The van der Waals surface area contributed by atoms with Gasteiger partial charge in [0.15, 0.2) is 0 Å². The fourth-order valence-corrected chi connectivity index (χ4v) is 2.22. The van der Waals surface area contributed by atoms with Gasteiger partial charge >= 0.3 is 0 Å². The molecule has 1 heterocycles. The van der Waals surface area contributed by atoms with Crippen molar-refractivity contribution >= 4 is 5.91 Å². The third-order valence-corrected chi connectivity index (χ3v) is 3.25. The number of aliphatic hydroxyl groups is 2. The summed E-state index contributed by atoms with van der Waals surface area (Å²) in [6.07, 6.45) is -0.106. The maximum Gasteiger partial charge on any atom is 0.237 e. The Morgan fingerprint density at radius 2 is 2.16 bits per heavy atom. The van der Waals surface area contributed by atoms with E-state index in [4.69, 9.17) is 0 Å². The number of hydrogen-bond donors (Lipinski definition) is 4. The molecule has 5 nitrogen and oxygen atoms in total. The maximum atomic E-state index is 11.8. The van der Waals surface area contributed by atoms with Gasteiger partial charge in [0.2, 0.25) is 5.91 Å². The molecule has 19 heavy (non-hydrogen) atoms. The average molecular weight is 264 g/mol. The Bertz CT molecular complexity index is 410. The van der Waals surface area contributed by atoms with Gasteiger partial charge < -0.3 is 20.8 Å².